The molecule has 1 amide bonds. The van der Waals surface area contributed by atoms with Gasteiger partial charge in [0.25, 0.3) is 0 Å². The monoisotopic (exact) mass is 250 g/mol. The summed E-state index contributed by atoms with van der Waals surface area (Å²) in [7, 11) is 0. The Morgan fingerprint density at radius 3 is 2.50 bits per heavy atom. The van der Waals surface area contributed by atoms with Crippen molar-refractivity contribution in [3.05, 3.63) is 29.8 Å². The van der Waals surface area contributed by atoms with Gasteiger partial charge >= 0.3 is 5.97 Å². The molecule has 0 bridgehead atoms. The highest BCUT2D eigenvalue weighted by Gasteiger charge is 2.38. The lowest BCUT2D eigenvalue weighted by atomic mass is 9.99. The summed E-state index contributed by atoms with van der Waals surface area (Å²) < 4.78 is 5.11. The summed E-state index contributed by atoms with van der Waals surface area (Å²) in [6.45, 7) is 0.675. The minimum Gasteiger partial charge on any atom is -0.478 e. The summed E-state index contributed by atoms with van der Waals surface area (Å²) in [5, 5.41) is 11.4. The van der Waals surface area contributed by atoms with Gasteiger partial charge in [-0.05, 0) is 30.7 Å². The molecule has 1 unspecified atom stereocenters. The summed E-state index contributed by atoms with van der Waals surface area (Å²) in [6.07, 6.45) is 0.478. The molecule has 1 atom stereocenters. The quantitative estimate of drug-likeness (QED) is 0.722. The Kier molecular flexibility index (Phi) is 3.31. The van der Waals surface area contributed by atoms with Crippen LogP contribution >= 0.6 is 0 Å². The van der Waals surface area contributed by atoms with Crippen LogP contribution in [0.4, 0.5) is 5.69 Å². The van der Waals surface area contributed by atoms with Crippen LogP contribution in [-0.4, -0.2) is 35.7 Å². The average molecular weight is 250 g/mol. The van der Waals surface area contributed by atoms with Crippen LogP contribution in [0.25, 0.3) is 0 Å². The van der Waals surface area contributed by atoms with Crippen LogP contribution in [0, 0.1) is 0 Å². The fourth-order valence-corrected chi connectivity index (χ4v) is 1.71. The SMILES string of the molecule is NC1(C(=O)Nc2ccc(C(=O)O)cc2)CCOC1. The second-order valence-corrected chi connectivity index (χ2v) is 4.30. The zero-order valence-corrected chi connectivity index (χ0v) is 9.68. The van der Waals surface area contributed by atoms with Crippen LogP contribution in [0.3, 0.4) is 0 Å². The molecular formula is C12H14N2O4. The predicted octanol–water partition coefficient (Wildman–Crippen LogP) is 0.441. The van der Waals surface area contributed by atoms with E-state index >= 15 is 0 Å². The van der Waals surface area contributed by atoms with E-state index in [9.17, 15) is 9.59 Å². The number of aromatic carboxylic acids is 1. The van der Waals surface area contributed by atoms with Crippen LogP contribution in [-0.2, 0) is 9.53 Å². The van der Waals surface area contributed by atoms with E-state index in [1.165, 1.54) is 24.3 Å². The first-order valence-corrected chi connectivity index (χ1v) is 5.53. The van der Waals surface area contributed by atoms with Gasteiger partial charge in [0.2, 0.25) is 5.91 Å². The molecule has 0 saturated carbocycles. The lowest BCUT2D eigenvalue weighted by molar-refractivity contribution is -0.121. The lowest BCUT2D eigenvalue weighted by Crippen LogP contribution is -2.51. The third kappa shape index (κ3) is 2.49. The van der Waals surface area contributed by atoms with E-state index in [1.807, 2.05) is 0 Å². The molecular weight excluding hydrogens is 236 g/mol. The number of anilines is 1. The van der Waals surface area contributed by atoms with Gasteiger partial charge in [0.1, 0.15) is 5.54 Å². The average Bonchev–Trinajstić information content (AvgIpc) is 2.78. The Bertz CT molecular complexity index is 463. The molecule has 4 N–H and O–H groups in total. The van der Waals surface area contributed by atoms with E-state index in [1.54, 1.807) is 0 Å². The minimum atomic E-state index is -1.01. The normalized spacial score (nSPS) is 22.7. The maximum absolute atomic E-state index is 11.9. The number of carboxylic acid groups (broad SMARTS) is 1. The number of ether oxygens (including phenoxy) is 1. The number of nitrogens with two attached hydrogens (primary N) is 1. The van der Waals surface area contributed by atoms with Gasteiger partial charge in [0.05, 0.1) is 12.2 Å². The number of hydrogen-bond donors (Lipinski definition) is 3. The molecule has 6 nitrogen and oxygen atoms in total. The molecule has 96 valence electrons. The first-order chi connectivity index (χ1) is 8.51. The van der Waals surface area contributed by atoms with Gasteiger partial charge in [0, 0.05) is 12.3 Å². The number of carbonyl (C=O) groups is 2. The number of carbonyl (C=O) groups excluding carboxylic acids is 1. The van der Waals surface area contributed by atoms with Crippen LogP contribution in [0.5, 0.6) is 0 Å². The van der Waals surface area contributed by atoms with Gasteiger partial charge in [-0.2, -0.15) is 0 Å². The first-order valence-electron chi connectivity index (χ1n) is 5.53. The molecule has 0 aromatic heterocycles. The largest absolute Gasteiger partial charge is 0.478 e. The molecule has 1 fully saturated rings. The van der Waals surface area contributed by atoms with E-state index in [0.717, 1.165) is 0 Å². The van der Waals surface area contributed by atoms with E-state index in [-0.39, 0.29) is 18.1 Å². The third-order valence-corrected chi connectivity index (χ3v) is 2.89. The number of carboxylic acids is 1. The van der Waals surface area contributed by atoms with Gasteiger partial charge in [-0.25, -0.2) is 4.79 Å². The zero-order chi connectivity index (χ0) is 13.2. The molecule has 1 heterocycles. The highest BCUT2D eigenvalue weighted by molar-refractivity contribution is 5.98. The van der Waals surface area contributed by atoms with Crippen LogP contribution in [0.1, 0.15) is 16.8 Å². The maximum atomic E-state index is 11.9. The van der Waals surface area contributed by atoms with Crippen molar-refractivity contribution in [1.29, 1.82) is 0 Å². The van der Waals surface area contributed by atoms with Gasteiger partial charge < -0.3 is 20.9 Å². The van der Waals surface area contributed by atoms with Crippen molar-refractivity contribution in [2.75, 3.05) is 18.5 Å². The van der Waals surface area contributed by atoms with E-state index in [4.69, 9.17) is 15.6 Å². The van der Waals surface area contributed by atoms with E-state index in [0.29, 0.717) is 18.7 Å². The van der Waals surface area contributed by atoms with Gasteiger partial charge in [-0.3, -0.25) is 4.79 Å². The molecule has 2 rings (SSSR count). The van der Waals surface area contributed by atoms with Crippen LogP contribution in [0.15, 0.2) is 24.3 Å². The topological polar surface area (TPSA) is 102 Å². The van der Waals surface area contributed by atoms with Gasteiger partial charge in [-0.1, -0.05) is 0 Å². The second kappa shape index (κ2) is 4.75. The Labute approximate surface area is 104 Å². The number of amides is 1. The smallest absolute Gasteiger partial charge is 0.335 e. The van der Waals surface area contributed by atoms with Crippen molar-refractivity contribution in [2.45, 2.75) is 12.0 Å². The number of hydrogen-bond acceptors (Lipinski definition) is 4. The van der Waals surface area contributed by atoms with Gasteiger partial charge in [-0.15, -0.1) is 0 Å². The summed E-state index contributed by atoms with van der Waals surface area (Å²) in [6, 6.07) is 5.90. The number of rotatable bonds is 3. The molecule has 1 aromatic rings. The molecule has 0 aliphatic carbocycles. The first kappa shape index (κ1) is 12.5. The van der Waals surface area contributed by atoms with Crippen LogP contribution in [0.2, 0.25) is 0 Å². The van der Waals surface area contributed by atoms with E-state index < -0.39 is 11.5 Å². The van der Waals surface area contributed by atoms with E-state index in [2.05, 4.69) is 5.32 Å². The predicted molar refractivity (Wildman–Crippen MR) is 64.4 cm³/mol. The fourth-order valence-electron chi connectivity index (χ4n) is 1.71. The number of nitrogens with one attached hydrogen (secondary N) is 1. The Morgan fingerprint density at radius 1 is 1.33 bits per heavy atom. The highest BCUT2D eigenvalue weighted by Crippen LogP contribution is 2.18. The summed E-state index contributed by atoms with van der Waals surface area (Å²) in [5.74, 6) is -1.32. The van der Waals surface area contributed by atoms with Crippen LogP contribution < -0.4 is 11.1 Å². The summed E-state index contributed by atoms with van der Waals surface area (Å²) in [4.78, 5) is 22.6. The Balaban J connectivity index is 2.05. The van der Waals surface area contributed by atoms with Crippen molar-refractivity contribution < 1.29 is 19.4 Å². The molecule has 1 aliphatic rings. The molecule has 0 spiro atoms. The van der Waals surface area contributed by atoms with Crippen molar-refractivity contribution in [3.63, 3.8) is 0 Å². The van der Waals surface area contributed by atoms with Crippen molar-refractivity contribution in [1.82, 2.24) is 0 Å². The number of benzene rings is 1. The molecule has 1 aliphatic heterocycles. The Hall–Kier alpha value is -1.92. The Morgan fingerprint density at radius 2 is 2.00 bits per heavy atom. The minimum absolute atomic E-state index is 0.166. The fraction of sp³-hybridized carbons (Fsp3) is 0.333. The standard InChI is InChI=1S/C12H14N2O4/c13-12(5-6-18-7-12)11(17)14-9-3-1-8(2-4-9)10(15)16/h1-4H,5-7,13H2,(H,14,17)(H,15,16). The summed E-state index contributed by atoms with van der Waals surface area (Å²) >= 11 is 0. The van der Waals surface area contributed by atoms with Crippen molar-refractivity contribution >= 4 is 17.6 Å². The molecule has 1 saturated heterocycles. The third-order valence-electron chi connectivity index (χ3n) is 2.89. The second-order valence-electron chi connectivity index (χ2n) is 4.30. The molecule has 0 radical (unpaired) electrons. The lowest BCUT2D eigenvalue weighted by Gasteiger charge is -2.20. The van der Waals surface area contributed by atoms with Gasteiger partial charge in [0.15, 0.2) is 0 Å². The van der Waals surface area contributed by atoms with Crippen molar-refractivity contribution in [3.8, 4) is 0 Å². The molecule has 6 heteroatoms. The summed E-state index contributed by atoms with van der Waals surface area (Å²) in [5.41, 5.74) is 5.58. The maximum Gasteiger partial charge on any atom is 0.335 e. The molecule has 18 heavy (non-hydrogen) atoms. The zero-order valence-electron chi connectivity index (χ0n) is 9.68. The molecule has 1 aromatic carbocycles. The highest BCUT2D eigenvalue weighted by atomic mass is 16.5. The van der Waals surface area contributed by atoms with Crippen molar-refractivity contribution in [2.24, 2.45) is 5.73 Å².